The maximum absolute atomic E-state index is 12.6. The van der Waals surface area contributed by atoms with E-state index in [-0.39, 0.29) is 12.0 Å². The molecule has 2 fully saturated rings. The van der Waals surface area contributed by atoms with Gasteiger partial charge in [-0.05, 0) is 37.5 Å². The fourth-order valence-corrected chi connectivity index (χ4v) is 4.29. The highest BCUT2D eigenvalue weighted by atomic mass is 35.5. The number of anilines is 1. The second-order valence-corrected chi connectivity index (χ2v) is 7.65. The van der Waals surface area contributed by atoms with E-state index in [1.807, 2.05) is 17.0 Å². The molecule has 1 unspecified atom stereocenters. The second-order valence-electron chi connectivity index (χ2n) is 7.22. The fraction of sp³-hybridized carbons (Fsp3) is 0.450. The number of nitriles is 1. The van der Waals surface area contributed by atoms with E-state index in [4.69, 9.17) is 11.6 Å². The van der Waals surface area contributed by atoms with Crippen LogP contribution in [-0.2, 0) is 4.79 Å². The molecule has 4 rings (SSSR count). The average molecular weight is 369 g/mol. The Morgan fingerprint density at radius 1 is 1.31 bits per heavy atom. The third-order valence-corrected chi connectivity index (χ3v) is 5.74. The van der Waals surface area contributed by atoms with Gasteiger partial charge in [0.25, 0.3) is 0 Å². The minimum Gasteiger partial charge on any atom is -0.379 e. The van der Waals surface area contributed by atoms with E-state index in [9.17, 15) is 10.1 Å². The SMILES string of the molecule is N#Cc1cnc2ccc(Cl)cc2c1NC1CCN(C(=O)C2CCCC2)C1. The van der Waals surface area contributed by atoms with Crippen LogP contribution in [0.2, 0.25) is 5.02 Å². The average Bonchev–Trinajstić information content (AvgIpc) is 3.34. The van der Waals surface area contributed by atoms with Crippen LogP contribution >= 0.6 is 11.6 Å². The number of carbonyl (C=O) groups excluding carboxylic acids is 1. The zero-order valence-corrected chi connectivity index (χ0v) is 15.3. The van der Waals surface area contributed by atoms with Crippen molar-refractivity contribution >= 4 is 34.1 Å². The molecule has 5 nitrogen and oxygen atoms in total. The van der Waals surface area contributed by atoms with E-state index in [0.717, 1.165) is 42.4 Å². The van der Waals surface area contributed by atoms with Crippen molar-refractivity contribution in [1.29, 1.82) is 5.26 Å². The van der Waals surface area contributed by atoms with Crippen molar-refractivity contribution in [3.63, 3.8) is 0 Å². The predicted molar refractivity (Wildman–Crippen MR) is 102 cm³/mol. The van der Waals surface area contributed by atoms with Crippen LogP contribution in [-0.4, -0.2) is 34.9 Å². The molecule has 2 heterocycles. The lowest BCUT2D eigenvalue weighted by atomic mass is 10.1. The van der Waals surface area contributed by atoms with Gasteiger partial charge in [0.2, 0.25) is 5.91 Å². The summed E-state index contributed by atoms with van der Waals surface area (Å²) in [7, 11) is 0. The molecule has 2 aliphatic rings. The van der Waals surface area contributed by atoms with Crippen molar-refractivity contribution < 1.29 is 4.79 Å². The van der Waals surface area contributed by atoms with Crippen LogP contribution in [0.15, 0.2) is 24.4 Å². The number of hydrogen-bond donors (Lipinski definition) is 1. The summed E-state index contributed by atoms with van der Waals surface area (Å²) in [6.07, 6.45) is 6.87. The Kier molecular flexibility index (Phi) is 4.69. The monoisotopic (exact) mass is 368 g/mol. The number of amides is 1. The van der Waals surface area contributed by atoms with E-state index in [1.165, 1.54) is 12.8 Å². The molecule has 1 saturated heterocycles. The summed E-state index contributed by atoms with van der Waals surface area (Å²) in [6.45, 7) is 1.46. The number of rotatable bonds is 3. The molecule has 1 aliphatic carbocycles. The molecule has 2 aromatic rings. The quantitative estimate of drug-likeness (QED) is 0.890. The first-order chi connectivity index (χ1) is 12.7. The maximum atomic E-state index is 12.6. The molecule has 1 N–H and O–H groups in total. The van der Waals surface area contributed by atoms with Gasteiger partial charge in [0, 0.05) is 41.7 Å². The minimum atomic E-state index is 0.136. The third-order valence-electron chi connectivity index (χ3n) is 5.50. The van der Waals surface area contributed by atoms with Crippen LogP contribution in [0, 0.1) is 17.2 Å². The molecule has 134 valence electrons. The van der Waals surface area contributed by atoms with Crippen molar-refractivity contribution in [1.82, 2.24) is 9.88 Å². The van der Waals surface area contributed by atoms with Crippen molar-refractivity contribution in [2.45, 2.75) is 38.1 Å². The van der Waals surface area contributed by atoms with Crippen LogP contribution < -0.4 is 5.32 Å². The van der Waals surface area contributed by atoms with Crippen LogP contribution in [0.25, 0.3) is 10.9 Å². The number of halogens is 1. The molecular weight excluding hydrogens is 348 g/mol. The van der Waals surface area contributed by atoms with E-state index >= 15 is 0 Å². The summed E-state index contributed by atoms with van der Waals surface area (Å²) in [6, 6.07) is 7.84. The van der Waals surface area contributed by atoms with Crippen LogP contribution in [0.4, 0.5) is 5.69 Å². The number of pyridine rings is 1. The first-order valence-electron chi connectivity index (χ1n) is 9.19. The first kappa shape index (κ1) is 17.1. The summed E-state index contributed by atoms with van der Waals surface area (Å²) in [5.74, 6) is 0.513. The summed E-state index contributed by atoms with van der Waals surface area (Å²) < 4.78 is 0. The van der Waals surface area contributed by atoms with Crippen molar-refractivity contribution in [2.75, 3.05) is 18.4 Å². The molecule has 1 atom stereocenters. The molecular formula is C20H21ClN4O. The molecule has 1 aromatic heterocycles. The number of nitrogens with zero attached hydrogens (tertiary/aromatic N) is 3. The van der Waals surface area contributed by atoms with Gasteiger partial charge in [0.15, 0.2) is 0 Å². The van der Waals surface area contributed by atoms with Gasteiger partial charge in [-0.15, -0.1) is 0 Å². The first-order valence-corrected chi connectivity index (χ1v) is 9.57. The van der Waals surface area contributed by atoms with Gasteiger partial charge in [-0.25, -0.2) is 0 Å². The van der Waals surface area contributed by atoms with Gasteiger partial charge >= 0.3 is 0 Å². The predicted octanol–water partition coefficient (Wildman–Crippen LogP) is 3.96. The number of likely N-dealkylation sites (tertiary alicyclic amines) is 1. The van der Waals surface area contributed by atoms with Gasteiger partial charge in [-0.1, -0.05) is 24.4 Å². The number of carbonyl (C=O) groups is 1. The van der Waals surface area contributed by atoms with Gasteiger partial charge in [0.05, 0.1) is 16.8 Å². The highest BCUT2D eigenvalue weighted by Gasteiger charge is 2.32. The molecule has 6 heteroatoms. The topological polar surface area (TPSA) is 69.0 Å². The fourth-order valence-electron chi connectivity index (χ4n) is 4.12. The van der Waals surface area contributed by atoms with E-state index in [0.29, 0.717) is 23.0 Å². The number of benzene rings is 1. The lowest BCUT2D eigenvalue weighted by Gasteiger charge is -2.21. The molecule has 0 bridgehead atoms. The number of nitrogens with one attached hydrogen (secondary N) is 1. The Balaban J connectivity index is 1.55. The number of aromatic nitrogens is 1. The smallest absolute Gasteiger partial charge is 0.225 e. The van der Waals surface area contributed by atoms with Crippen molar-refractivity contribution in [3.8, 4) is 6.07 Å². The summed E-state index contributed by atoms with van der Waals surface area (Å²) in [5.41, 5.74) is 2.06. The molecule has 1 aromatic carbocycles. The summed E-state index contributed by atoms with van der Waals surface area (Å²) in [5, 5.41) is 14.4. The zero-order chi connectivity index (χ0) is 18.1. The lowest BCUT2D eigenvalue weighted by molar-refractivity contribution is -0.134. The zero-order valence-electron chi connectivity index (χ0n) is 14.5. The van der Waals surface area contributed by atoms with Crippen LogP contribution in [0.5, 0.6) is 0 Å². The van der Waals surface area contributed by atoms with Crippen LogP contribution in [0.1, 0.15) is 37.7 Å². The van der Waals surface area contributed by atoms with Gasteiger partial charge in [0.1, 0.15) is 6.07 Å². The second kappa shape index (κ2) is 7.13. The molecule has 26 heavy (non-hydrogen) atoms. The Morgan fingerprint density at radius 3 is 2.88 bits per heavy atom. The molecule has 1 amide bonds. The van der Waals surface area contributed by atoms with Crippen molar-refractivity contribution in [3.05, 3.63) is 35.0 Å². The Morgan fingerprint density at radius 2 is 2.12 bits per heavy atom. The summed E-state index contributed by atoms with van der Waals surface area (Å²) in [4.78, 5) is 19.0. The maximum Gasteiger partial charge on any atom is 0.225 e. The largest absolute Gasteiger partial charge is 0.379 e. The van der Waals surface area contributed by atoms with Crippen molar-refractivity contribution in [2.24, 2.45) is 5.92 Å². The third kappa shape index (κ3) is 3.22. The Hall–Kier alpha value is -2.32. The molecule has 0 spiro atoms. The highest BCUT2D eigenvalue weighted by molar-refractivity contribution is 6.31. The van der Waals surface area contributed by atoms with Gasteiger partial charge in [-0.3, -0.25) is 9.78 Å². The standard InChI is InChI=1S/C20H21ClN4O/c21-15-5-6-18-17(9-15)19(14(10-22)11-23-18)24-16-7-8-25(12-16)20(26)13-3-1-2-4-13/h5-6,9,11,13,16H,1-4,7-8,12H2,(H,23,24). The summed E-state index contributed by atoms with van der Waals surface area (Å²) >= 11 is 6.15. The van der Waals surface area contributed by atoms with E-state index in [1.54, 1.807) is 12.3 Å². The lowest BCUT2D eigenvalue weighted by Crippen LogP contribution is -2.35. The number of hydrogen-bond acceptors (Lipinski definition) is 4. The molecule has 0 radical (unpaired) electrons. The Bertz CT molecular complexity index is 885. The van der Waals surface area contributed by atoms with Gasteiger partial charge < -0.3 is 10.2 Å². The molecule has 1 aliphatic heterocycles. The van der Waals surface area contributed by atoms with Gasteiger partial charge in [-0.2, -0.15) is 5.26 Å². The minimum absolute atomic E-state index is 0.136. The highest BCUT2D eigenvalue weighted by Crippen LogP contribution is 2.31. The van der Waals surface area contributed by atoms with E-state index in [2.05, 4.69) is 16.4 Å². The number of fused-ring (bicyclic) bond motifs is 1. The van der Waals surface area contributed by atoms with E-state index < -0.39 is 0 Å². The molecule has 1 saturated carbocycles. The van der Waals surface area contributed by atoms with Crippen LogP contribution in [0.3, 0.4) is 0 Å². The normalized spacial score (nSPS) is 20.5. The Labute approximate surface area is 158 Å².